The molecule has 2 aromatic carbocycles. The lowest BCUT2D eigenvalue weighted by atomic mass is 9.96. The van der Waals surface area contributed by atoms with E-state index < -0.39 is 0 Å². The molecule has 1 saturated heterocycles. The molecule has 22 heavy (non-hydrogen) atoms. The van der Waals surface area contributed by atoms with Gasteiger partial charge < -0.3 is 10.6 Å². The minimum absolute atomic E-state index is 0.0706. The number of benzene rings is 2. The summed E-state index contributed by atoms with van der Waals surface area (Å²) in [5, 5.41) is 2.31. The van der Waals surface area contributed by atoms with Gasteiger partial charge in [-0.05, 0) is 29.2 Å². The highest BCUT2D eigenvalue weighted by Crippen LogP contribution is 2.19. The average Bonchev–Trinajstić information content (AvgIpc) is 2.55. The molecule has 2 aromatic rings. The Morgan fingerprint density at radius 2 is 1.91 bits per heavy atom. The lowest BCUT2D eigenvalue weighted by molar-refractivity contribution is -0.134. The van der Waals surface area contributed by atoms with Gasteiger partial charge in [0.15, 0.2) is 0 Å². The Kier molecular flexibility index (Phi) is 4.09. The van der Waals surface area contributed by atoms with Crippen molar-refractivity contribution < 1.29 is 9.59 Å². The van der Waals surface area contributed by atoms with Crippen LogP contribution in [0, 0.1) is 5.92 Å². The van der Waals surface area contributed by atoms with Gasteiger partial charge in [0.1, 0.15) is 0 Å². The lowest BCUT2D eigenvalue weighted by Gasteiger charge is -2.31. The van der Waals surface area contributed by atoms with Crippen molar-refractivity contribution in [2.24, 2.45) is 11.7 Å². The number of hydrogen-bond donors (Lipinski definition) is 1. The third-order valence-corrected chi connectivity index (χ3v) is 4.35. The number of nitrogens with two attached hydrogens (primary N) is 1. The van der Waals surface area contributed by atoms with Gasteiger partial charge in [0.2, 0.25) is 11.8 Å². The van der Waals surface area contributed by atoms with E-state index in [2.05, 4.69) is 12.1 Å². The van der Waals surface area contributed by atoms with Gasteiger partial charge in [-0.25, -0.2) is 0 Å². The molecule has 0 radical (unpaired) electrons. The van der Waals surface area contributed by atoms with Gasteiger partial charge in [-0.3, -0.25) is 9.59 Å². The Morgan fingerprint density at radius 1 is 1.14 bits per heavy atom. The Hall–Kier alpha value is -2.36. The predicted octanol–water partition coefficient (Wildman–Crippen LogP) is 2.11. The Balaban J connectivity index is 1.71. The molecule has 1 heterocycles. The summed E-state index contributed by atoms with van der Waals surface area (Å²) in [5.41, 5.74) is 6.37. The van der Waals surface area contributed by atoms with Crippen molar-refractivity contribution in [2.75, 3.05) is 13.1 Å². The summed E-state index contributed by atoms with van der Waals surface area (Å²) in [6.45, 7) is 1.18. The fourth-order valence-electron chi connectivity index (χ4n) is 3.07. The van der Waals surface area contributed by atoms with Gasteiger partial charge in [0.25, 0.3) is 0 Å². The second-order valence-electron chi connectivity index (χ2n) is 5.94. The predicted molar refractivity (Wildman–Crippen MR) is 86.2 cm³/mol. The average molecular weight is 296 g/mol. The number of carbonyl (C=O) groups is 2. The molecule has 3 rings (SSSR count). The SMILES string of the molecule is NC(=O)C1CCCN(C(=O)Cc2ccc3ccccc3c2)C1. The molecule has 0 spiro atoms. The lowest BCUT2D eigenvalue weighted by Crippen LogP contribution is -2.44. The fraction of sp³-hybridized carbons (Fsp3) is 0.333. The maximum Gasteiger partial charge on any atom is 0.227 e. The molecule has 1 atom stereocenters. The van der Waals surface area contributed by atoms with Crippen molar-refractivity contribution in [3.8, 4) is 0 Å². The zero-order valence-corrected chi connectivity index (χ0v) is 12.5. The van der Waals surface area contributed by atoms with Crippen LogP contribution in [-0.2, 0) is 16.0 Å². The van der Waals surface area contributed by atoms with Crippen molar-refractivity contribution in [1.82, 2.24) is 4.90 Å². The normalized spacial score (nSPS) is 18.4. The van der Waals surface area contributed by atoms with Crippen LogP contribution in [-0.4, -0.2) is 29.8 Å². The van der Waals surface area contributed by atoms with Gasteiger partial charge in [-0.2, -0.15) is 0 Å². The number of hydrogen-bond acceptors (Lipinski definition) is 2. The Labute approximate surface area is 129 Å². The summed E-state index contributed by atoms with van der Waals surface area (Å²) in [5.74, 6) is -0.432. The Bertz CT molecular complexity index is 711. The molecular weight excluding hydrogens is 276 g/mol. The standard InChI is InChI=1S/C18H20N2O2/c19-18(22)16-6-3-9-20(12-16)17(21)11-13-7-8-14-4-1-2-5-15(14)10-13/h1-2,4-5,7-8,10,16H,3,6,9,11-12H2,(H2,19,22). The molecule has 1 unspecified atom stereocenters. The molecular formula is C18H20N2O2. The molecule has 4 nitrogen and oxygen atoms in total. The molecule has 2 N–H and O–H groups in total. The number of piperidine rings is 1. The molecule has 1 aliphatic rings. The van der Waals surface area contributed by atoms with Crippen molar-refractivity contribution in [3.63, 3.8) is 0 Å². The van der Waals surface area contributed by atoms with Crippen molar-refractivity contribution in [2.45, 2.75) is 19.3 Å². The van der Waals surface area contributed by atoms with Crippen LogP contribution in [0.2, 0.25) is 0 Å². The van der Waals surface area contributed by atoms with Crippen LogP contribution in [0.5, 0.6) is 0 Å². The first-order valence-corrected chi connectivity index (χ1v) is 7.68. The maximum atomic E-state index is 12.4. The second kappa shape index (κ2) is 6.18. The van der Waals surface area contributed by atoms with E-state index in [4.69, 9.17) is 5.73 Å². The summed E-state index contributed by atoms with van der Waals surface area (Å²) in [4.78, 5) is 25.5. The minimum atomic E-state index is -0.303. The smallest absolute Gasteiger partial charge is 0.227 e. The van der Waals surface area contributed by atoms with E-state index in [0.717, 1.165) is 30.3 Å². The van der Waals surface area contributed by atoms with Crippen LogP contribution in [0.1, 0.15) is 18.4 Å². The van der Waals surface area contributed by atoms with Crippen LogP contribution in [0.3, 0.4) is 0 Å². The molecule has 0 saturated carbocycles. The highest BCUT2D eigenvalue weighted by Gasteiger charge is 2.26. The van der Waals surface area contributed by atoms with Gasteiger partial charge in [-0.1, -0.05) is 42.5 Å². The van der Waals surface area contributed by atoms with Gasteiger partial charge in [0.05, 0.1) is 12.3 Å². The molecule has 1 fully saturated rings. The summed E-state index contributed by atoms with van der Waals surface area (Å²) in [7, 11) is 0. The molecule has 114 valence electrons. The van der Waals surface area contributed by atoms with Crippen LogP contribution >= 0.6 is 0 Å². The van der Waals surface area contributed by atoms with Gasteiger partial charge in [0, 0.05) is 13.1 Å². The monoisotopic (exact) mass is 296 g/mol. The van der Waals surface area contributed by atoms with Crippen molar-refractivity contribution >= 4 is 22.6 Å². The highest BCUT2D eigenvalue weighted by molar-refractivity contribution is 5.86. The van der Waals surface area contributed by atoms with E-state index in [1.54, 1.807) is 4.90 Å². The summed E-state index contributed by atoms with van der Waals surface area (Å²) in [6.07, 6.45) is 2.00. The van der Waals surface area contributed by atoms with Crippen LogP contribution in [0.25, 0.3) is 10.8 Å². The first-order valence-electron chi connectivity index (χ1n) is 7.68. The van der Waals surface area contributed by atoms with Gasteiger partial charge in [-0.15, -0.1) is 0 Å². The van der Waals surface area contributed by atoms with Crippen LogP contribution < -0.4 is 5.73 Å². The zero-order chi connectivity index (χ0) is 15.5. The van der Waals surface area contributed by atoms with Crippen molar-refractivity contribution in [1.29, 1.82) is 0 Å². The van der Waals surface area contributed by atoms with E-state index in [1.807, 2.05) is 30.3 Å². The van der Waals surface area contributed by atoms with Crippen LogP contribution in [0.4, 0.5) is 0 Å². The van der Waals surface area contributed by atoms with E-state index in [1.165, 1.54) is 5.39 Å². The van der Waals surface area contributed by atoms with Gasteiger partial charge >= 0.3 is 0 Å². The van der Waals surface area contributed by atoms with E-state index in [0.29, 0.717) is 13.0 Å². The highest BCUT2D eigenvalue weighted by atomic mass is 16.2. The first-order chi connectivity index (χ1) is 10.6. The molecule has 2 amide bonds. The molecule has 0 aromatic heterocycles. The molecule has 0 aliphatic carbocycles. The van der Waals surface area contributed by atoms with E-state index >= 15 is 0 Å². The summed E-state index contributed by atoms with van der Waals surface area (Å²) in [6, 6.07) is 14.2. The minimum Gasteiger partial charge on any atom is -0.369 e. The Morgan fingerprint density at radius 3 is 2.68 bits per heavy atom. The molecule has 0 bridgehead atoms. The second-order valence-corrected chi connectivity index (χ2v) is 5.94. The first kappa shape index (κ1) is 14.6. The molecule has 1 aliphatic heterocycles. The summed E-state index contributed by atoms with van der Waals surface area (Å²) < 4.78 is 0. The fourth-order valence-corrected chi connectivity index (χ4v) is 3.07. The number of fused-ring (bicyclic) bond motifs is 1. The van der Waals surface area contributed by atoms with Crippen LogP contribution in [0.15, 0.2) is 42.5 Å². The number of likely N-dealkylation sites (tertiary alicyclic amines) is 1. The number of carbonyl (C=O) groups excluding carboxylic acids is 2. The van der Waals surface area contributed by atoms with E-state index in [9.17, 15) is 9.59 Å². The quantitative estimate of drug-likeness (QED) is 0.943. The third kappa shape index (κ3) is 3.11. The number of primary amides is 1. The summed E-state index contributed by atoms with van der Waals surface area (Å²) >= 11 is 0. The van der Waals surface area contributed by atoms with E-state index in [-0.39, 0.29) is 17.7 Å². The van der Waals surface area contributed by atoms with Crippen molar-refractivity contribution in [3.05, 3.63) is 48.0 Å². The third-order valence-electron chi connectivity index (χ3n) is 4.35. The largest absolute Gasteiger partial charge is 0.369 e. The number of nitrogens with zero attached hydrogens (tertiary/aromatic N) is 1. The molecule has 4 heteroatoms. The number of rotatable bonds is 3. The maximum absolute atomic E-state index is 12.4. The topological polar surface area (TPSA) is 63.4 Å². The zero-order valence-electron chi connectivity index (χ0n) is 12.5. The number of amides is 2.